The second kappa shape index (κ2) is 8.92. The molecule has 0 radical (unpaired) electrons. The molecule has 0 amide bonds. The van der Waals surface area contributed by atoms with Gasteiger partial charge in [-0.3, -0.25) is 9.36 Å². The molecule has 2 aromatic rings. The number of fused-ring (bicyclic) bond motifs is 1. The summed E-state index contributed by atoms with van der Waals surface area (Å²) in [7, 11) is 1.53. The van der Waals surface area contributed by atoms with Gasteiger partial charge >= 0.3 is 5.97 Å². The lowest BCUT2D eigenvalue weighted by molar-refractivity contribution is 0.0393. The Morgan fingerprint density at radius 3 is 2.73 bits per heavy atom. The number of unbranched alkanes of at least 4 members (excludes halogenated alkanes) is 1. The van der Waals surface area contributed by atoms with E-state index in [1.54, 1.807) is 11.5 Å². The van der Waals surface area contributed by atoms with Crippen LogP contribution in [0.5, 0.6) is 0 Å². The summed E-state index contributed by atoms with van der Waals surface area (Å²) in [6, 6.07) is 2.09. The van der Waals surface area contributed by atoms with Crippen molar-refractivity contribution in [2.75, 3.05) is 20.3 Å². The zero-order valence-corrected chi connectivity index (χ0v) is 16.3. The van der Waals surface area contributed by atoms with Crippen LogP contribution < -0.4 is 5.56 Å². The summed E-state index contributed by atoms with van der Waals surface area (Å²) >= 11 is 1.18. The predicted molar refractivity (Wildman–Crippen MR) is 99.7 cm³/mol. The molecule has 0 aromatic carbocycles. The molecule has 0 aliphatic carbocycles. The molecule has 26 heavy (non-hydrogen) atoms. The molecule has 2 aromatic heterocycles. The van der Waals surface area contributed by atoms with Crippen LogP contribution in [0.2, 0.25) is 0 Å². The third kappa shape index (κ3) is 4.11. The SMILES string of the molecule is COCCOC(=O)c1sc2nc(C(C)C)n(CCCC#N)c(=O)c2c1C. The van der Waals surface area contributed by atoms with Crippen molar-refractivity contribution >= 4 is 27.5 Å². The number of aromatic nitrogens is 2. The third-order valence-corrected chi connectivity index (χ3v) is 5.14. The molecule has 7 nitrogen and oxygen atoms in total. The van der Waals surface area contributed by atoms with Gasteiger partial charge in [0.05, 0.1) is 18.1 Å². The maximum atomic E-state index is 13.0. The Bertz CT molecular complexity index is 892. The molecule has 2 rings (SSSR count). The van der Waals surface area contributed by atoms with Gasteiger partial charge in [-0.1, -0.05) is 13.8 Å². The fourth-order valence-corrected chi connectivity index (χ4v) is 3.76. The average Bonchev–Trinajstić information content (AvgIpc) is 2.93. The fraction of sp³-hybridized carbons (Fsp3) is 0.556. The van der Waals surface area contributed by atoms with E-state index in [0.717, 1.165) is 0 Å². The van der Waals surface area contributed by atoms with Crippen LogP contribution >= 0.6 is 11.3 Å². The zero-order valence-electron chi connectivity index (χ0n) is 15.5. The Morgan fingerprint density at radius 2 is 2.12 bits per heavy atom. The van der Waals surface area contributed by atoms with Gasteiger partial charge in [-0.25, -0.2) is 9.78 Å². The van der Waals surface area contributed by atoms with Crippen molar-refractivity contribution < 1.29 is 14.3 Å². The van der Waals surface area contributed by atoms with Gasteiger partial charge in [-0.15, -0.1) is 11.3 Å². The summed E-state index contributed by atoms with van der Waals surface area (Å²) in [4.78, 5) is 30.9. The Hall–Kier alpha value is -2.24. The van der Waals surface area contributed by atoms with Crippen molar-refractivity contribution in [3.63, 3.8) is 0 Å². The van der Waals surface area contributed by atoms with E-state index in [-0.39, 0.29) is 18.1 Å². The predicted octanol–water partition coefficient (Wildman–Crippen LogP) is 3.00. The second-order valence-electron chi connectivity index (χ2n) is 6.21. The van der Waals surface area contributed by atoms with Gasteiger partial charge in [0.15, 0.2) is 0 Å². The lowest BCUT2D eigenvalue weighted by Crippen LogP contribution is -2.26. The number of nitriles is 1. The van der Waals surface area contributed by atoms with Crippen molar-refractivity contribution in [2.45, 2.75) is 46.1 Å². The number of carbonyl (C=O) groups excluding carboxylic acids is 1. The van der Waals surface area contributed by atoms with E-state index < -0.39 is 5.97 Å². The Kier molecular flexibility index (Phi) is 6.89. The van der Waals surface area contributed by atoms with E-state index in [2.05, 4.69) is 11.1 Å². The maximum absolute atomic E-state index is 13.0. The van der Waals surface area contributed by atoms with E-state index in [4.69, 9.17) is 14.7 Å². The van der Waals surface area contributed by atoms with Crippen molar-refractivity contribution in [1.29, 1.82) is 5.26 Å². The average molecular weight is 377 g/mol. The minimum absolute atomic E-state index is 0.0497. The monoisotopic (exact) mass is 377 g/mol. The van der Waals surface area contributed by atoms with Gasteiger partial charge in [-0.2, -0.15) is 5.26 Å². The fourth-order valence-electron chi connectivity index (χ4n) is 2.68. The van der Waals surface area contributed by atoms with Crippen molar-refractivity contribution in [1.82, 2.24) is 9.55 Å². The maximum Gasteiger partial charge on any atom is 0.348 e. The number of nitrogens with zero attached hydrogens (tertiary/aromatic N) is 3. The molecule has 0 aliphatic heterocycles. The van der Waals surface area contributed by atoms with Gasteiger partial charge in [0.1, 0.15) is 22.1 Å². The molecule has 0 N–H and O–H groups in total. The van der Waals surface area contributed by atoms with Crippen LogP contribution in [0, 0.1) is 18.3 Å². The number of thiophene rings is 1. The van der Waals surface area contributed by atoms with Crippen molar-refractivity contribution in [2.24, 2.45) is 0 Å². The minimum atomic E-state index is -0.468. The standard InChI is InChI=1S/C18H23N3O4S/c1-11(2)15-20-16-13(17(22)21(15)8-6-5-7-19)12(3)14(26-16)18(23)25-10-9-24-4/h11H,5-6,8-10H2,1-4H3. The summed E-state index contributed by atoms with van der Waals surface area (Å²) in [5.74, 6) is 0.249. The Morgan fingerprint density at radius 1 is 1.38 bits per heavy atom. The largest absolute Gasteiger partial charge is 0.459 e. The highest BCUT2D eigenvalue weighted by atomic mass is 32.1. The highest BCUT2D eigenvalue weighted by Crippen LogP contribution is 2.29. The van der Waals surface area contributed by atoms with Crippen LogP contribution in [-0.2, 0) is 16.0 Å². The first-order valence-corrected chi connectivity index (χ1v) is 9.30. The number of hydrogen-bond acceptors (Lipinski definition) is 7. The Labute approximate surface area is 156 Å². The van der Waals surface area contributed by atoms with Crippen LogP contribution in [-0.4, -0.2) is 35.8 Å². The number of methoxy groups -OCH3 is 1. The molecule has 0 unspecified atom stereocenters. The van der Waals surface area contributed by atoms with Gasteiger partial charge in [0, 0.05) is 26.0 Å². The van der Waals surface area contributed by atoms with Crippen LogP contribution in [0.3, 0.4) is 0 Å². The number of aryl methyl sites for hydroxylation is 1. The first-order chi connectivity index (χ1) is 12.4. The molecule has 0 atom stereocenters. The van der Waals surface area contributed by atoms with Gasteiger partial charge < -0.3 is 9.47 Å². The minimum Gasteiger partial charge on any atom is -0.459 e. The number of esters is 1. The van der Waals surface area contributed by atoms with Crippen LogP contribution in [0.15, 0.2) is 4.79 Å². The van der Waals surface area contributed by atoms with E-state index in [9.17, 15) is 9.59 Å². The number of hydrogen-bond donors (Lipinski definition) is 0. The number of rotatable bonds is 8. The van der Waals surface area contributed by atoms with Crippen molar-refractivity contribution in [3.8, 4) is 6.07 Å². The van der Waals surface area contributed by atoms with E-state index >= 15 is 0 Å². The lowest BCUT2D eigenvalue weighted by atomic mass is 10.1. The third-order valence-electron chi connectivity index (χ3n) is 3.97. The normalized spacial score (nSPS) is 11.1. The zero-order chi connectivity index (χ0) is 19.3. The van der Waals surface area contributed by atoms with Crippen LogP contribution in [0.1, 0.15) is 53.7 Å². The molecular formula is C18H23N3O4S. The summed E-state index contributed by atoms with van der Waals surface area (Å²) in [6.07, 6.45) is 0.958. The van der Waals surface area contributed by atoms with Crippen molar-refractivity contribution in [3.05, 3.63) is 26.6 Å². The van der Waals surface area contributed by atoms with Crippen LogP contribution in [0.25, 0.3) is 10.2 Å². The first-order valence-electron chi connectivity index (χ1n) is 8.49. The molecule has 0 spiro atoms. The molecule has 0 fully saturated rings. The highest BCUT2D eigenvalue weighted by molar-refractivity contribution is 7.20. The summed E-state index contributed by atoms with van der Waals surface area (Å²) in [5.41, 5.74) is 0.426. The lowest BCUT2D eigenvalue weighted by Gasteiger charge is -2.14. The summed E-state index contributed by atoms with van der Waals surface area (Å²) in [6.45, 7) is 6.59. The van der Waals surface area contributed by atoms with E-state index in [0.29, 0.717) is 52.5 Å². The van der Waals surface area contributed by atoms with Gasteiger partial charge in [0.2, 0.25) is 0 Å². The quantitative estimate of drug-likeness (QED) is 0.518. The molecule has 2 heterocycles. The second-order valence-corrected chi connectivity index (χ2v) is 7.21. The first kappa shape index (κ1) is 20.1. The molecule has 0 saturated heterocycles. The molecule has 0 aliphatic rings. The summed E-state index contributed by atoms with van der Waals surface area (Å²) in [5, 5.41) is 9.20. The van der Waals surface area contributed by atoms with Gasteiger partial charge in [-0.05, 0) is 18.9 Å². The Balaban J connectivity index is 2.51. The smallest absolute Gasteiger partial charge is 0.348 e. The molecule has 0 bridgehead atoms. The highest BCUT2D eigenvalue weighted by Gasteiger charge is 2.23. The molecule has 0 saturated carbocycles. The number of ether oxygens (including phenoxy) is 2. The van der Waals surface area contributed by atoms with Crippen LogP contribution in [0.4, 0.5) is 0 Å². The molecule has 140 valence electrons. The number of carbonyl (C=O) groups is 1. The summed E-state index contributed by atoms with van der Waals surface area (Å²) < 4.78 is 11.7. The van der Waals surface area contributed by atoms with E-state index in [1.807, 2.05) is 13.8 Å². The van der Waals surface area contributed by atoms with E-state index in [1.165, 1.54) is 18.4 Å². The molecular weight excluding hydrogens is 354 g/mol. The van der Waals surface area contributed by atoms with Gasteiger partial charge in [0.25, 0.3) is 5.56 Å². The topological polar surface area (TPSA) is 94.2 Å². The molecule has 8 heteroatoms.